The molecular formula is C26H51ClN3O4S+. The van der Waals surface area contributed by atoms with E-state index < -0.39 is 29.9 Å². The number of halogens is 1. The molecule has 0 radical (unpaired) electrons. The maximum absolute atomic E-state index is 12.4. The number of amides is 2. The van der Waals surface area contributed by atoms with Crippen molar-refractivity contribution in [1.29, 1.82) is 0 Å². The molecule has 0 aliphatic rings. The fourth-order valence-electron chi connectivity index (χ4n) is 4.04. The van der Waals surface area contributed by atoms with Crippen LogP contribution in [0.4, 0.5) is 0 Å². The SMILES string of the molecule is CCCCCCCCCCCCCCCCCCN[C@H](C)C(=O)[N+](=S)[C@@H](CCC(N)=O)C(=O)O.Cl. The van der Waals surface area contributed by atoms with E-state index in [1.165, 1.54) is 89.9 Å². The van der Waals surface area contributed by atoms with Gasteiger partial charge in [-0.3, -0.25) is 4.79 Å². The summed E-state index contributed by atoms with van der Waals surface area (Å²) in [7, 11) is 0. The minimum absolute atomic E-state index is 0. The maximum Gasteiger partial charge on any atom is 0.418 e. The predicted octanol–water partition coefficient (Wildman–Crippen LogP) is 5.64. The van der Waals surface area contributed by atoms with Gasteiger partial charge in [-0.1, -0.05) is 107 Å². The molecule has 0 aliphatic heterocycles. The number of rotatable bonds is 24. The van der Waals surface area contributed by atoms with Crippen LogP contribution >= 0.6 is 12.4 Å². The Hall–Kier alpha value is -1.12. The summed E-state index contributed by atoms with van der Waals surface area (Å²) in [5.74, 6) is -2.31. The lowest BCUT2D eigenvalue weighted by Gasteiger charge is -2.12. The van der Waals surface area contributed by atoms with Crippen molar-refractivity contribution in [1.82, 2.24) is 5.32 Å². The van der Waals surface area contributed by atoms with Crippen molar-refractivity contribution in [3.05, 3.63) is 0 Å². The second-order valence-electron chi connectivity index (χ2n) is 9.50. The summed E-state index contributed by atoms with van der Waals surface area (Å²) >= 11 is 5.02. The monoisotopic (exact) mass is 536 g/mol. The zero-order chi connectivity index (χ0) is 25.6. The normalized spacial score (nSPS) is 12.5. The van der Waals surface area contributed by atoms with E-state index in [-0.39, 0.29) is 25.2 Å². The van der Waals surface area contributed by atoms with Crippen LogP contribution in [0, 0.1) is 0 Å². The smallest absolute Gasteiger partial charge is 0.418 e. The molecule has 0 aromatic heterocycles. The molecule has 35 heavy (non-hydrogen) atoms. The van der Waals surface area contributed by atoms with E-state index in [2.05, 4.69) is 12.2 Å². The van der Waals surface area contributed by atoms with Crippen LogP contribution in [-0.2, 0) is 26.8 Å². The van der Waals surface area contributed by atoms with Gasteiger partial charge in [-0.05, 0) is 19.9 Å². The van der Waals surface area contributed by atoms with Crippen molar-refractivity contribution in [2.24, 2.45) is 5.73 Å². The molecular weight excluding hydrogens is 486 g/mol. The van der Waals surface area contributed by atoms with Crippen LogP contribution in [0.25, 0.3) is 0 Å². The minimum atomic E-state index is -1.23. The molecule has 2 atom stereocenters. The first-order valence-electron chi connectivity index (χ1n) is 13.6. The quantitative estimate of drug-likeness (QED) is 0.109. The third kappa shape index (κ3) is 20.7. The first-order valence-corrected chi connectivity index (χ1v) is 13.9. The number of nitrogens with one attached hydrogen (secondary N) is 1. The molecule has 2 amide bonds. The first kappa shape index (κ1) is 36.0. The van der Waals surface area contributed by atoms with Crippen molar-refractivity contribution in [2.45, 2.75) is 142 Å². The van der Waals surface area contributed by atoms with E-state index in [1.54, 1.807) is 6.92 Å². The van der Waals surface area contributed by atoms with Gasteiger partial charge in [0, 0.05) is 12.8 Å². The van der Waals surface area contributed by atoms with E-state index in [0.717, 1.165) is 16.8 Å². The molecule has 0 fully saturated rings. The Labute approximate surface area is 224 Å². The summed E-state index contributed by atoms with van der Waals surface area (Å²) in [4.78, 5) is 34.7. The minimum Gasteiger partial charge on any atom is -0.476 e. The molecule has 0 aromatic rings. The Kier molecular flexibility index (Phi) is 25.3. The summed E-state index contributed by atoms with van der Waals surface area (Å²) in [6, 6.07) is -1.79. The molecule has 206 valence electrons. The zero-order valence-corrected chi connectivity index (χ0v) is 23.7. The molecule has 0 rings (SSSR count). The summed E-state index contributed by atoms with van der Waals surface area (Å²) < 4.78 is 0.788. The van der Waals surface area contributed by atoms with Crippen LogP contribution in [0.5, 0.6) is 0 Å². The van der Waals surface area contributed by atoms with Crippen molar-refractivity contribution < 1.29 is 23.4 Å². The zero-order valence-electron chi connectivity index (χ0n) is 22.1. The molecule has 0 heterocycles. The Morgan fingerprint density at radius 3 is 1.60 bits per heavy atom. The number of carbonyl (C=O) groups excluding carboxylic acids is 2. The molecule has 0 bridgehead atoms. The highest BCUT2D eigenvalue weighted by Crippen LogP contribution is 2.13. The second-order valence-corrected chi connectivity index (χ2v) is 9.90. The molecule has 0 unspecified atom stereocenters. The summed E-state index contributed by atoms with van der Waals surface area (Å²) in [6.45, 7) is 4.63. The van der Waals surface area contributed by atoms with Gasteiger partial charge in [-0.15, -0.1) is 12.4 Å². The Bertz CT molecular complexity index is 593. The lowest BCUT2D eigenvalue weighted by molar-refractivity contribution is -0.453. The number of carboxylic acids is 1. The molecule has 0 aromatic carbocycles. The summed E-state index contributed by atoms with van der Waals surface area (Å²) in [6.07, 6.45) is 20.8. The van der Waals surface area contributed by atoms with Gasteiger partial charge in [0.25, 0.3) is 18.5 Å². The number of carbonyl (C=O) groups is 3. The summed E-state index contributed by atoms with van der Waals surface area (Å²) in [5, 5.41) is 12.4. The van der Waals surface area contributed by atoms with Crippen LogP contribution < -0.4 is 11.1 Å². The van der Waals surface area contributed by atoms with Crippen LogP contribution in [0.2, 0.25) is 0 Å². The number of hydrogen-bond donors (Lipinski definition) is 3. The molecule has 0 spiro atoms. The van der Waals surface area contributed by atoms with Gasteiger partial charge < -0.3 is 16.2 Å². The summed E-state index contributed by atoms with van der Waals surface area (Å²) in [5.41, 5.74) is 5.07. The highest BCUT2D eigenvalue weighted by atomic mass is 35.5. The fraction of sp³-hybridized carbons (Fsp3) is 0.885. The largest absolute Gasteiger partial charge is 0.476 e. The molecule has 9 heteroatoms. The van der Waals surface area contributed by atoms with Gasteiger partial charge in [-0.25, -0.2) is 9.59 Å². The van der Waals surface area contributed by atoms with E-state index in [1.807, 2.05) is 0 Å². The third-order valence-electron chi connectivity index (χ3n) is 6.30. The fourth-order valence-corrected chi connectivity index (χ4v) is 4.40. The molecule has 0 saturated carbocycles. The average Bonchev–Trinajstić information content (AvgIpc) is 2.79. The standard InChI is InChI=1S/C26H49N3O4S.ClH/c1-3-4-5-6-7-8-9-10-11-12-13-14-15-16-17-18-21-28-22(2)25(31)29(34)23(26(32)33)19-20-24(27)30;/h22-23,28H,3-21H2,1-2H3,(H2-,27,30,32,33);1H/p+1/t22-,23+;/m1./s1. The highest BCUT2D eigenvalue weighted by Gasteiger charge is 2.37. The second kappa shape index (κ2) is 24.6. The van der Waals surface area contributed by atoms with Crippen LogP contribution in [0.3, 0.4) is 0 Å². The Morgan fingerprint density at radius 2 is 1.23 bits per heavy atom. The lowest BCUT2D eigenvalue weighted by atomic mass is 10.0. The van der Waals surface area contributed by atoms with Gasteiger partial charge in [0.15, 0.2) is 0 Å². The number of primary amides is 1. The number of hydrogen-bond acceptors (Lipinski definition) is 5. The predicted molar refractivity (Wildman–Crippen MR) is 147 cm³/mol. The number of nitrogens with two attached hydrogens (primary N) is 1. The third-order valence-corrected chi connectivity index (χ3v) is 6.74. The number of nitrogens with zero attached hydrogens (tertiary/aromatic N) is 1. The number of aliphatic carboxylic acids is 1. The average molecular weight is 537 g/mol. The van der Waals surface area contributed by atoms with Gasteiger partial charge in [0.05, 0.1) is 0 Å². The van der Waals surface area contributed by atoms with Crippen molar-refractivity contribution in [3.8, 4) is 0 Å². The number of carboxylic acid groups (broad SMARTS) is 1. The Balaban J connectivity index is 0. The van der Waals surface area contributed by atoms with E-state index in [0.29, 0.717) is 6.54 Å². The lowest BCUT2D eigenvalue weighted by Crippen LogP contribution is -2.46. The number of unbranched alkanes of at least 4 members (excludes halogenated alkanes) is 15. The van der Waals surface area contributed by atoms with Crippen LogP contribution in [-0.4, -0.2) is 45.5 Å². The first-order chi connectivity index (χ1) is 16.3. The van der Waals surface area contributed by atoms with E-state index >= 15 is 0 Å². The molecule has 0 saturated heterocycles. The van der Waals surface area contributed by atoms with Gasteiger partial charge in [0.2, 0.25) is 5.91 Å². The molecule has 0 aliphatic carbocycles. The van der Waals surface area contributed by atoms with Crippen LogP contribution in [0.15, 0.2) is 0 Å². The van der Waals surface area contributed by atoms with Crippen molar-refractivity contribution in [2.75, 3.05) is 6.54 Å². The maximum atomic E-state index is 12.4. The molecule has 7 nitrogen and oxygen atoms in total. The van der Waals surface area contributed by atoms with Gasteiger partial charge in [0.1, 0.15) is 6.04 Å². The van der Waals surface area contributed by atoms with Crippen molar-refractivity contribution in [3.63, 3.8) is 0 Å². The van der Waals surface area contributed by atoms with Gasteiger partial charge in [-0.2, -0.15) is 0 Å². The van der Waals surface area contributed by atoms with E-state index in [9.17, 15) is 19.5 Å². The van der Waals surface area contributed by atoms with Crippen molar-refractivity contribution >= 4 is 42.6 Å². The van der Waals surface area contributed by atoms with Crippen LogP contribution in [0.1, 0.15) is 129 Å². The molecule has 4 N–H and O–H groups in total. The highest BCUT2D eigenvalue weighted by molar-refractivity contribution is 7.44. The van der Waals surface area contributed by atoms with Gasteiger partial charge >= 0.3 is 11.9 Å². The van der Waals surface area contributed by atoms with E-state index in [4.69, 9.17) is 18.2 Å². The topological polar surface area (TPSA) is 112 Å². The Morgan fingerprint density at radius 1 is 0.829 bits per heavy atom.